The van der Waals surface area contributed by atoms with Crippen LogP contribution in [0.25, 0.3) is 0 Å². The summed E-state index contributed by atoms with van der Waals surface area (Å²) in [6, 6.07) is 2.52. The molecule has 0 aromatic heterocycles. The third-order valence-electron chi connectivity index (χ3n) is 3.72. The summed E-state index contributed by atoms with van der Waals surface area (Å²) in [5.74, 6) is -1.28. The summed E-state index contributed by atoms with van der Waals surface area (Å²) in [5, 5.41) is 14.3. The highest BCUT2D eigenvalue weighted by Crippen LogP contribution is 2.23. The lowest BCUT2D eigenvalue weighted by molar-refractivity contribution is 0.220. The van der Waals surface area contributed by atoms with Crippen molar-refractivity contribution in [3.8, 4) is 0 Å². The average molecular weight is 329 g/mol. The topological polar surface area (TPSA) is 64.6 Å². The molecule has 0 aliphatic carbocycles. The minimum absolute atomic E-state index is 0.0143. The van der Waals surface area contributed by atoms with Crippen LogP contribution in [-0.2, 0) is 0 Å². The lowest BCUT2D eigenvalue weighted by Crippen LogP contribution is -2.45. The van der Waals surface area contributed by atoms with Crippen LogP contribution in [0.2, 0.25) is 0 Å². The van der Waals surface area contributed by atoms with Gasteiger partial charge in [-0.2, -0.15) is 0 Å². The number of nitrogens with one attached hydrogen (secondary N) is 2. The van der Waals surface area contributed by atoms with E-state index in [1.54, 1.807) is 19.0 Å². The van der Waals surface area contributed by atoms with Crippen LogP contribution in [0, 0.1) is 11.6 Å². The van der Waals surface area contributed by atoms with E-state index < -0.39 is 23.7 Å². The van der Waals surface area contributed by atoms with Crippen molar-refractivity contribution in [2.45, 2.75) is 31.8 Å². The van der Waals surface area contributed by atoms with E-state index in [-0.39, 0.29) is 24.8 Å². The van der Waals surface area contributed by atoms with E-state index in [1.807, 2.05) is 6.92 Å². The van der Waals surface area contributed by atoms with Gasteiger partial charge in [-0.3, -0.25) is 0 Å². The molecule has 5 nitrogen and oxygen atoms in total. The van der Waals surface area contributed by atoms with E-state index in [0.29, 0.717) is 12.8 Å². The van der Waals surface area contributed by atoms with Crippen molar-refractivity contribution in [3.63, 3.8) is 0 Å². The molecule has 1 aromatic rings. The zero-order chi connectivity index (χ0) is 17.4. The van der Waals surface area contributed by atoms with Gasteiger partial charge < -0.3 is 20.6 Å². The first-order valence-corrected chi connectivity index (χ1v) is 7.66. The minimum atomic E-state index is -0.641. The SMILES string of the molecule is CCC(CCO)NC(=O)NCC(c1c(F)cccc1F)N(C)C. The van der Waals surface area contributed by atoms with Gasteiger partial charge in [0, 0.05) is 24.8 Å². The van der Waals surface area contributed by atoms with Crippen molar-refractivity contribution in [1.82, 2.24) is 15.5 Å². The molecule has 1 rings (SSSR count). The molecule has 3 N–H and O–H groups in total. The van der Waals surface area contributed by atoms with Crippen LogP contribution in [0.5, 0.6) is 0 Å². The van der Waals surface area contributed by atoms with E-state index in [2.05, 4.69) is 10.6 Å². The molecule has 2 amide bonds. The maximum Gasteiger partial charge on any atom is 0.315 e. The standard InChI is InChI=1S/C16H25F2N3O2/c1-4-11(8-9-22)20-16(23)19-10-14(21(2)3)15-12(17)6-5-7-13(15)18/h5-7,11,14,22H,4,8-10H2,1-3H3,(H2,19,20,23). The highest BCUT2D eigenvalue weighted by atomic mass is 19.1. The summed E-state index contributed by atoms with van der Waals surface area (Å²) >= 11 is 0. The Kier molecular flexibility index (Phi) is 7.91. The number of rotatable bonds is 8. The molecule has 7 heteroatoms. The molecule has 0 fully saturated rings. The molecule has 0 heterocycles. The molecular weight excluding hydrogens is 304 g/mol. The number of benzene rings is 1. The fourth-order valence-electron chi connectivity index (χ4n) is 2.33. The van der Waals surface area contributed by atoms with Gasteiger partial charge in [0.05, 0.1) is 6.04 Å². The van der Waals surface area contributed by atoms with E-state index >= 15 is 0 Å². The first-order valence-electron chi connectivity index (χ1n) is 7.66. The van der Waals surface area contributed by atoms with Crippen molar-refractivity contribution in [2.24, 2.45) is 0 Å². The van der Waals surface area contributed by atoms with Gasteiger partial charge in [-0.15, -0.1) is 0 Å². The van der Waals surface area contributed by atoms with E-state index in [0.717, 1.165) is 0 Å². The van der Waals surface area contributed by atoms with Gasteiger partial charge in [0.2, 0.25) is 0 Å². The third kappa shape index (κ3) is 5.76. The molecule has 23 heavy (non-hydrogen) atoms. The van der Waals surface area contributed by atoms with Gasteiger partial charge in [0.25, 0.3) is 0 Å². The molecule has 2 unspecified atom stereocenters. The fourth-order valence-corrected chi connectivity index (χ4v) is 2.33. The summed E-state index contributed by atoms with van der Waals surface area (Å²) in [4.78, 5) is 13.6. The summed E-state index contributed by atoms with van der Waals surface area (Å²) in [5.41, 5.74) is -0.0693. The molecule has 1 aromatic carbocycles. The van der Waals surface area contributed by atoms with Crippen LogP contribution < -0.4 is 10.6 Å². The Balaban J connectivity index is 2.73. The summed E-state index contributed by atoms with van der Waals surface area (Å²) in [6.45, 7) is 1.95. The monoisotopic (exact) mass is 329 g/mol. The molecule has 0 bridgehead atoms. The average Bonchev–Trinajstić information content (AvgIpc) is 2.49. The molecule has 2 atom stereocenters. The van der Waals surface area contributed by atoms with Crippen molar-refractivity contribution in [1.29, 1.82) is 0 Å². The molecule has 0 spiro atoms. The Morgan fingerprint density at radius 1 is 1.30 bits per heavy atom. The number of aliphatic hydroxyl groups is 1. The number of amides is 2. The number of carbonyl (C=O) groups is 1. The summed E-state index contributed by atoms with van der Waals surface area (Å²) < 4.78 is 27.9. The second-order valence-corrected chi connectivity index (χ2v) is 5.59. The number of aliphatic hydroxyl groups excluding tert-OH is 1. The predicted octanol–water partition coefficient (Wildman–Crippen LogP) is 2.03. The fraction of sp³-hybridized carbons (Fsp3) is 0.562. The molecule has 0 saturated carbocycles. The highest BCUT2D eigenvalue weighted by molar-refractivity contribution is 5.74. The smallest absolute Gasteiger partial charge is 0.315 e. The number of likely N-dealkylation sites (N-methyl/N-ethyl adjacent to an activating group) is 1. The Bertz CT molecular complexity index is 492. The first kappa shape index (κ1) is 19.3. The van der Waals surface area contributed by atoms with Gasteiger partial charge >= 0.3 is 6.03 Å². The molecular formula is C16H25F2N3O2. The molecule has 0 aliphatic heterocycles. The Labute approximate surface area is 135 Å². The second-order valence-electron chi connectivity index (χ2n) is 5.59. The molecule has 0 saturated heterocycles. The van der Waals surface area contributed by atoms with Crippen LogP contribution in [-0.4, -0.2) is 49.3 Å². The Morgan fingerprint density at radius 2 is 1.91 bits per heavy atom. The first-order chi connectivity index (χ1) is 10.9. The second kappa shape index (κ2) is 9.42. The van der Waals surface area contributed by atoms with Crippen LogP contribution in [0.3, 0.4) is 0 Å². The highest BCUT2D eigenvalue weighted by Gasteiger charge is 2.23. The molecule has 0 radical (unpaired) electrons. The zero-order valence-corrected chi connectivity index (χ0v) is 13.8. The van der Waals surface area contributed by atoms with Gasteiger partial charge in [0.1, 0.15) is 11.6 Å². The van der Waals surface area contributed by atoms with Crippen LogP contribution >= 0.6 is 0 Å². The number of nitrogens with zero attached hydrogens (tertiary/aromatic N) is 1. The predicted molar refractivity (Wildman–Crippen MR) is 85.1 cm³/mol. The van der Waals surface area contributed by atoms with Gasteiger partial charge in [-0.25, -0.2) is 13.6 Å². The maximum atomic E-state index is 13.9. The molecule has 0 aliphatic rings. The minimum Gasteiger partial charge on any atom is -0.396 e. The molecule has 130 valence electrons. The summed E-state index contributed by atoms with van der Waals surface area (Å²) in [7, 11) is 3.38. The van der Waals surface area contributed by atoms with Gasteiger partial charge in [-0.1, -0.05) is 13.0 Å². The van der Waals surface area contributed by atoms with Crippen LogP contribution in [0.1, 0.15) is 31.4 Å². The zero-order valence-electron chi connectivity index (χ0n) is 13.8. The van der Waals surface area contributed by atoms with Gasteiger partial charge in [-0.05, 0) is 39.1 Å². The largest absolute Gasteiger partial charge is 0.396 e. The number of hydrogen-bond acceptors (Lipinski definition) is 3. The summed E-state index contributed by atoms with van der Waals surface area (Å²) in [6.07, 6.45) is 1.15. The van der Waals surface area contributed by atoms with Gasteiger partial charge in [0.15, 0.2) is 0 Å². The quantitative estimate of drug-likeness (QED) is 0.684. The van der Waals surface area contributed by atoms with Crippen molar-refractivity contribution >= 4 is 6.03 Å². The van der Waals surface area contributed by atoms with Crippen LogP contribution in [0.4, 0.5) is 13.6 Å². The van der Waals surface area contributed by atoms with E-state index in [1.165, 1.54) is 18.2 Å². The lowest BCUT2D eigenvalue weighted by Gasteiger charge is -2.26. The maximum absolute atomic E-state index is 13.9. The van der Waals surface area contributed by atoms with Crippen LogP contribution in [0.15, 0.2) is 18.2 Å². The van der Waals surface area contributed by atoms with Crippen molar-refractivity contribution < 1.29 is 18.7 Å². The lowest BCUT2D eigenvalue weighted by atomic mass is 10.0. The number of urea groups is 1. The van der Waals surface area contributed by atoms with E-state index in [9.17, 15) is 13.6 Å². The normalized spacial score (nSPS) is 13.7. The van der Waals surface area contributed by atoms with Crippen molar-refractivity contribution in [2.75, 3.05) is 27.2 Å². The Morgan fingerprint density at radius 3 is 2.39 bits per heavy atom. The number of halogens is 2. The third-order valence-corrected chi connectivity index (χ3v) is 3.72. The number of carbonyl (C=O) groups excluding carboxylic acids is 1. The number of hydrogen-bond donors (Lipinski definition) is 3. The van der Waals surface area contributed by atoms with Crippen molar-refractivity contribution in [3.05, 3.63) is 35.4 Å². The van der Waals surface area contributed by atoms with E-state index in [4.69, 9.17) is 5.11 Å². The Hall–Kier alpha value is -1.73.